The molecule has 0 radical (unpaired) electrons. The first-order valence-electron chi connectivity index (χ1n) is 7.37. The van der Waals surface area contributed by atoms with E-state index >= 15 is 0 Å². The Hall–Kier alpha value is -1.84. The van der Waals surface area contributed by atoms with Gasteiger partial charge in [0.1, 0.15) is 11.5 Å². The number of aliphatic hydroxyl groups excluding tert-OH is 1. The Morgan fingerprint density at radius 1 is 1.31 bits per heavy atom. The van der Waals surface area contributed by atoms with Gasteiger partial charge in [0, 0.05) is 18.7 Å². The number of nitrogens with zero attached hydrogens (tertiary/aromatic N) is 1. The third kappa shape index (κ3) is 4.87. The molecule has 26 heavy (non-hydrogen) atoms. The lowest BCUT2D eigenvalue weighted by Crippen LogP contribution is -2.26. The molecule has 142 valence electrons. The zero-order valence-electron chi connectivity index (χ0n) is 13.3. The summed E-state index contributed by atoms with van der Waals surface area (Å²) in [5.41, 5.74) is -5.08. The second-order valence-corrected chi connectivity index (χ2v) is 7.98. The van der Waals surface area contributed by atoms with Crippen LogP contribution in [0.5, 0.6) is 5.75 Å². The van der Waals surface area contributed by atoms with Crippen molar-refractivity contribution in [3.8, 4) is 5.75 Å². The van der Waals surface area contributed by atoms with Gasteiger partial charge >= 0.3 is 5.51 Å². The van der Waals surface area contributed by atoms with Gasteiger partial charge in [0.25, 0.3) is 9.84 Å². The first kappa shape index (κ1) is 20.5. The maximum absolute atomic E-state index is 12.8. The quantitative estimate of drug-likeness (QED) is 0.818. The lowest BCUT2D eigenvalue weighted by molar-refractivity contribution is -0.0428. The highest BCUT2D eigenvalue weighted by atomic mass is 35.5. The summed E-state index contributed by atoms with van der Waals surface area (Å²) in [5, 5.41) is 10.1. The van der Waals surface area contributed by atoms with E-state index in [2.05, 4.69) is 11.6 Å². The number of halogens is 4. The number of ether oxygens (including phenoxy) is 1. The second-order valence-electron chi connectivity index (χ2n) is 5.55. The van der Waals surface area contributed by atoms with Gasteiger partial charge in [-0.1, -0.05) is 18.2 Å². The lowest BCUT2D eigenvalue weighted by Gasteiger charge is -2.15. The van der Waals surface area contributed by atoms with Crippen molar-refractivity contribution in [3.05, 3.63) is 58.5 Å². The number of aromatic nitrogens is 1. The van der Waals surface area contributed by atoms with Crippen LogP contribution in [0.3, 0.4) is 0 Å². The van der Waals surface area contributed by atoms with Crippen molar-refractivity contribution in [1.29, 1.82) is 0 Å². The van der Waals surface area contributed by atoms with Crippen LogP contribution in [-0.2, 0) is 9.84 Å². The summed E-state index contributed by atoms with van der Waals surface area (Å²) >= 11 is 5.80. The standard InChI is InChI=1S/C16H15ClF3NO4S/c1-10-2-3-12(22)7-14(26(23,24)16(18,19)20)4-5-15(10)25-13-6-11(17)8-21-9-13/h4-6,8-9,12,22H,1-3,7H2/b14-4+,15-5+/t12-/m1/s1. The lowest BCUT2D eigenvalue weighted by atomic mass is 10.1. The number of alkyl halides is 3. The van der Waals surface area contributed by atoms with Crippen LogP contribution in [0, 0.1) is 0 Å². The maximum atomic E-state index is 12.8. The van der Waals surface area contributed by atoms with Crippen LogP contribution in [-0.4, -0.2) is 30.1 Å². The molecule has 1 atom stereocenters. The number of sulfone groups is 1. The fourth-order valence-corrected chi connectivity index (χ4v) is 3.30. The molecule has 0 aromatic carbocycles. The Kier molecular flexibility index (Phi) is 6.15. The monoisotopic (exact) mass is 409 g/mol. The molecule has 0 fully saturated rings. The van der Waals surface area contributed by atoms with Gasteiger partial charge in [-0.05, 0) is 30.6 Å². The van der Waals surface area contributed by atoms with Crippen LogP contribution in [0.4, 0.5) is 13.2 Å². The van der Waals surface area contributed by atoms with E-state index in [1.165, 1.54) is 18.5 Å². The van der Waals surface area contributed by atoms with Crippen molar-refractivity contribution in [2.24, 2.45) is 0 Å². The first-order valence-corrected chi connectivity index (χ1v) is 9.23. The summed E-state index contributed by atoms with van der Waals surface area (Å²) in [6.45, 7) is 3.77. The van der Waals surface area contributed by atoms with E-state index in [0.29, 0.717) is 5.57 Å². The topological polar surface area (TPSA) is 76.5 Å². The van der Waals surface area contributed by atoms with Gasteiger partial charge in [-0.15, -0.1) is 0 Å². The van der Waals surface area contributed by atoms with E-state index in [1.54, 1.807) is 0 Å². The molecule has 1 aliphatic carbocycles. The number of hydrogen-bond acceptors (Lipinski definition) is 5. The average molecular weight is 410 g/mol. The first-order chi connectivity index (χ1) is 12.0. The van der Waals surface area contributed by atoms with Crippen molar-refractivity contribution < 1.29 is 31.4 Å². The third-order valence-corrected chi connectivity index (χ3v) is 5.35. The highest BCUT2D eigenvalue weighted by Gasteiger charge is 2.48. The highest BCUT2D eigenvalue weighted by molar-refractivity contribution is 7.96. The van der Waals surface area contributed by atoms with Crippen LogP contribution in [0.2, 0.25) is 5.02 Å². The molecule has 0 saturated heterocycles. The number of aliphatic hydroxyl groups is 1. The second kappa shape index (κ2) is 7.81. The largest absolute Gasteiger partial charge is 0.501 e. The van der Waals surface area contributed by atoms with Gasteiger partial charge in [0.2, 0.25) is 0 Å². The van der Waals surface area contributed by atoms with Crippen molar-refractivity contribution in [2.75, 3.05) is 0 Å². The van der Waals surface area contributed by atoms with Crippen molar-refractivity contribution in [2.45, 2.75) is 30.9 Å². The number of hydrogen-bond donors (Lipinski definition) is 1. The van der Waals surface area contributed by atoms with Crippen LogP contribution in [0.1, 0.15) is 19.3 Å². The summed E-state index contributed by atoms with van der Waals surface area (Å²) in [6.07, 6.45) is 2.86. The minimum Gasteiger partial charge on any atom is -0.455 e. The summed E-state index contributed by atoms with van der Waals surface area (Å²) in [4.78, 5) is 2.87. The molecule has 0 saturated carbocycles. The van der Waals surface area contributed by atoms with E-state index < -0.39 is 32.8 Å². The van der Waals surface area contributed by atoms with E-state index in [0.717, 1.165) is 12.2 Å². The Morgan fingerprint density at radius 2 is 2.00 bits per heavy atom. The molecule has 0 amide bonds. The molecular formula is C16H15ClF3NO4S. The van der Waals surface area contributed by atoms with Gasteiger partial charge in [0.15, 0.2) is 0 Å². The van der Waals surface area contributed by atoms with Crippen molar-refractivity contribution in [3.63, 3.8) is 0 Å². The SMILES string of the molecule is C=C1CC[C@@H](O)C/C(S(=O)(=O)C(F)(F)F)=C\C=C/1Oc1cncc(Cl)c1. The van der Waals surface area contributed by atoms with Crippen LogP contribution in [0.15, 0.2) is 53.4 Å². The summed E-state index contributed by atoms with van der Waals surface area (Å²) in [7, 11) is -5.57. The molecule has 1 heterocycles. The average Bonchev–Trinajstić information content (AvgIpc) is 2.59. The van der Waals surface area contributed by atoms with E-state index in [9.17, 15) is 26.7 Å². The molecule has 0 spiro atoms. The van der Waals surface area contributed by atoms with Gasteiger partial charge in [-0.2, -0.15) is 13.2 Å². The minimum absolute atomic E-state index is 0.0258. The Balaban J connectivity index is 2.45. The van der Waals surface area contributed by atoms with Gasteiger partial charge in [0.05, 0.1) is 22.2 Å². The van der Waals surface area contributed by atoms with E-state index in [1.807, 2.05) is 0 Å². The van der Waals surface area contributed by atoms with Crippen molar-refractivity contribution >= 4 is 21.4 Å². The summed E-state index contributed by atoms with van der Waals surface area (Å²) in [5.74, 6) is 0.261. The molecule has 1 N–H and O–H groups in total. The van der Waals surface area contributed by atoms with Crippen molar-refractivity contribution in [1.82, 2.24) is 4.98 Å². The summed E-state index contributed by atoms with van der Waals surface area (Å²) < 4.78 is 67.5. The smallest absolute Gasteiger partial charge is 0.455 e. The highest BCUT2D eigenvalue weighted by Crippen LogP contribution is 2.34. The molecule has 1 aromatic heterocycles. The van der Waals surface area contributed by atoms with Gasteiger partial charge < -0.3 is 9.84 Å². The van der Waals surface area contributed by atoms with Crippen LogP contribution in [0.25, 0.3) is 0 Å². The molecule has 2 rings (SSSR count). The Morgan fingerprint density at radius 3 is 2.62 bits per heavy atom. The van der Waals surface area contributed by atoms with E-state index in [-0.39, 0.29) is 29.4 Å². The predicted octanol–water partition coefficient (Wildman–Crippen LogP) is 3.92. The number of rotatable bonds is 3. The molecule has 0 aliphatic heterocycles. The normalized spacial score (nSPS) is 23.7. The molecular weight excluding hydrogens is 395 g/mol. The van der Waals surface area contributed by atoms with Crippen LogP contribution >= 0.6 is 11.6 Å². The summed E-state index contributed by atoms with van der Waals surface area (Å²) in [6, 6.07) is 1.43. The fourth-order valence-electron chi connectivity index (χ4n) is 2.18. The molecule has 1 aliphatic rings. The number of allylic oxidation sites excluding steroid dienone is 3. The van der Waals surface area contributed by atoms with Crippen LogP contribution < -0.4 is 4.74 Å². The Bertz CT molecular complexity index is 862. The minimum atomic E-state index is -5.57. The molecule has 0 unspecified atom stereocenters. The molecule has 1 aromatic rings. The number of pyridine rings is 1. The molecule has 0 bridgehead atoms. The van der Waals surface area contributed by atoms with E-state index in [4.69, 9.17) is 16.3 Å². The fraction of sp³-hybridized carbons (Fsp3) is 0.312. The predicted molar refractivity (Wildman–Crippen MR) is 90.0 cm³/mol. The molecule has 5 nitrogen and oxygen atoms in total. The van der Waals surface area contributed by atoms with Gasteiger partial charge in [-0.3, -0.25) is 4.98 Å². The van der Waals surface area contributed by atoms with Gasteiger partial charge in [-0.25, -0.2) is 8.42 Å². The Labute approximate surface area is 153 Å². The molecule has 10 heteroatoms. The zero-order chi connectivity index (χ0) is 19.5. The third-order valence-electron chi connectivity index (χ3n) is 3.54. The zero-order valence-corrected chi connectivity index (χ0v) is 14.9. The maximum Gasteiger partial charge on any atom is 0.501 e.